The van der Waals surface area contributed by atoms with E-state index in [1.54, 1.807) is 13.0 Å². The van der Waals surface area contributed by atoms with Crippen molar-refractivity contribution in [3.63, 3.8) is 0 Å². The number of halogens is 3. The van der Waals surface area contributed by atoms with Crippen molar-refractivity contribution in [2.75, 3.05) is 0 Å². The molecule has 0 fully saturated rings. The van der Waals surface area contributed by atoms with Gasteiger partial charge in [0.25, 0.3) is 0 Å². The monoisotopic (exact) mass is 285 g/mol. The van der Waals surface area contributed by atoms with E-state index in [0.29, 0.717) is 21.8 Å². The van der Waals surface area contributed by atoms with Gasteiger partial charge >= 0.3 is 0 Å². The van der Waals surface area contributed by atoms with Crippen molar-refractivity contribution in [3.8, 4) is 0 Å². The van der Waals surface area contributed by atoms with Gasteiger partial charge in [0.15, 0.2) is 0 Å². The summed E-state index contributed by atoms with van der Waals surface area (Å²) in [6.07, 6.45) is 0.400. The van der Waals surface area contributed by atoms with Crippen molar-refractivity contribution in [3.05, 3.63) is 63.1 Å². The first-order valence-corrected chi connectivity index (χ1v) is 5.99. The standard InChI is InChI=1S/C13H10Cl2FNO/c1-7-4-8(2-3-11(7)16)13(18)12-10(15)5-9(14)6-17-12/h2-6,13,18H,1H3. The second-order valence-corrected chi connectivity index (χ2v) is 4.78. The summed E-state index contributed by atoms with van der Waals surface area (Å²) in [6.45, 7) is 1.63. The van der Waals surface area contributed by atoms with E-state index in [2.05, 4.69) is 4.98 Å². The molecule has 5 heteroatoms. The zero-order chi connectivity index (χ0) is 13.3. The lowest BCUT2D eigenvalue weighted by Crippen LogP contribution is -2.04. The first-order chi connectivity index (χ1) is 8.49. The molecule has 0 saturated carbocycles. The fraction of sp³-hybridized carbons (Fsp3) is 0.154. The summed E-state index contributed by atoms with van der Waals surface area (Å²) in [5.74, 6) is -0.318. The largest absolute Gasteiger partial charge is 0.382 e. The molecule has 1 unspecified atom stereocenters. The number of hydrogen-bond acceptors (Lipinski definition) is 2. The lowest BCUT2D eigenvalue weighted by atomic mass is 10.0. The number of rotatable bonds is 2. The van der Waals surface area contributed by atoms with Crippen LogP contribution in [0.1, 0.15) is 22.9 Å². The third kappa shape index (κ3) is 2.64. The SMILES string of the molecule is Cc1cc(C(O)c2ncc(Cl)cc2Cl)ccc1F. The number of aliphatic hydroxyl groups excluding tert-OH is 1. The topological polar surface area (TPSA) is 33.1 Å². The average molecular weight is 286 g/mol. The Bertz CT molecular complexity index is 589. The highest BCUT2D eigenvalue weighted by molar-refractivity contribution is 6.34. The van der Waals surface area contributed by atoms with Gasteiger partial charge in [0.05, 0.1) is 15.7 Å². The molecule has 2 nitrogen and oxygen atoms in total. The second kappa shape index (κ2) is 5.22. The van der Waals surface area contributed by atoms with Gasteiger partial charge in [-0.3, -0.25) is 4.98 Å². The Morgan fingerprint density at radius 1 is 1.28 bits per heavy atom. The minimum Gasteiger partial charge on any atom is -0.382 e. The highest BCUT2D eigenvalue weighted by atomic mass is 35.5. The Labute approximate surface area is 114 Å². The molecular formula is C13H10Cl2FNO. The first-order valence-electron chi connectivity index (χ1n) is 5.24. The lowest BCUT2D eigenvalue weighted by molar-refractivity contribution is 0.215. The summed E-state index contributed by atoms with van der Waals surface area (Å²) in [5.41, 5.74) is 1.29. The average Bonchev–Trinajstić information content (AvgIpc) is 2.32. The highest BCUT2D eigenvalue weighted by Gasteiger charge is 2.16. The Morgan fingerprint density at radius 2 is 2.00 bits per heavy atom. The van der Waals surface area contributed by atoms with E-state index in [-0.39, 0.29) is 10.8 Å². The molecule has 0 amide bonds. The van der Waals surface area contributed by atoms with Crippen LogP contribution in [0, 0.1) is 12.7 Å². The number of aryl methyl sites for hydroxylation is 1. The van der Waals surface area contributed by atoms with Crippen LogP contribution in [-0.2, 0) is 0 Å². The van der Waals surface area contributed by atoms with Crippen molar-refractivity contribution < 1.29 is 9.50 Å². The predicted molar refractivity (Wildman–Crippen MR) is 69.5 cm³/mol. The zero-order valence-corrected chi connectivity index (χ0v) is 11.0. The van der Waals surface area contributed by atoms with Crippen LogP contribution in [0.4, 0.5) is 4.39 Å². The molecule has 2 aromatic rings. The number of benzene rings is 1. The van der Waals surface area contributed by atoms with Gasteiger partial charge in [0.1, 0.15) is 11.9 Å². The van der Waals surface area contributed by atoms with Gasteiger partial charge in [-0.1, -0.05) is 35.3 Å². The Hall–Kier alpha value is -1.16. The zero-order valence-electron chi connectivity index (χ0n) is 9.49. The molecule has 1 atom stereocenters. The van der Waals surface area contributed by atoms with E-state index in [1.165, 1.54) is 24.4 Å². The Morgan fingerprint density at radius 3 is 2.61 bits per heavy atom. The van der Waals surface area contributed by atoms with Crippen LogP contribution in [0.15, 0.2) is 30.5 Å². The Balaban J connectivity index is 2.41. The third-order valence-corrected chi connectivity index (χ3v) is 3.10. The minimum absolute atomic E-state index is 0.275. The molecule has 0 aliphatic carbocycles. The molecule has 0 bridgehead atoms. The number of hydrogen-bond donors (Lipinski definition) is 1. The van der Waals surface area contributed by atoms with Crippen molar-refractivity contribution in [2.45, 2.75) is 13.0 Å². The predicted octanol–water partition coefficient (Wildman–Crippen LogP) is 3.92. The van der Waals surface area contributed by atoms with E-state index in [9.17, 15) is 9.50 Å². The molecule has 1 N–H and O–H groups in total. The van der Waals surface area contributed by atoms with E-state index >= 15 is 0 Å². The molecule has 18 heavy (non-hydrogen) atoms. The van der Waals surface area contributed by atoms with Crippen molar-refractivity contribution in [1.82, 2.24) is 4.98 Å². The minimum atomic E-state index is -1.01. The highest BCUT2D eigenvalue weighted by Crippen LogP contribution is 2.28. The molecular weight excluding hydrogens is 276 g/mol. The van der Waals surface area contributed by atoms with E-state index in [1.807, 2.05) is 0 Å². The second-order valence-electron chi connectivity index (χ2n) is 3.93. The molecule has 0 spiro atoms. The smallest absolute Gasteiger partial charge is 0.126 e. The molecule has 1 aromatic carbocycles. The van der Waals surface area contributed by atoms with Gasteiger partial charge in [-0.05, 0) is 30.2 Å². The van der Waals surface area contributed by atoms with Gasteiger partial charge in [-0.2, -0.15) is 0 Å². The van der Waals surface area contributed by atoms with Crippen LogP contribution in [0.5, 0.6) is 0 Å². The summed E-state index contributed by atoms with van der Waals surface area (Å²) in [4.78, 5) is 4.00. The van der Waals surface area contributed by atoms with Crippen molar-refractivity contribution in [1.29, 1.82) is 0 Å². The van der Waals surface area contributed by atoms with Gasteiger partial charge in [0.2, 0.25) is 0 Å². The molecule has 0 aliphatic rings. The van der Waals surface area contributed by atoms with Crippen LogP contribution >= 0.6 is 23.2 Å². The van der Waals surface area contributed by atoms with Crippen LogP contribution in [0.2, 0.25) is 10.0 Å². The van der Waals surface area contributed by atoms with E-state index in [0.717, 1.165) is 0 Å². The fourth-order valence-corrected chi connectivity index (χ4v) is 2.11. The van der Waals surface area contributed by atoms with Crippen LogP contribution in [-0.4, -0.2) is 10.1 Å². The van der Waals surface area contributed by atoms with Crippen LogP contribution < -0.4 is 0 Å². The van der Waals surface area contributed by atoms with E-state index in [4.69, 9.17) is 23.2 Å². The van der Waals surface area contributed by atoms with Gasteiger partial charge < -0.3 is 5.11 Å². The number of aliphatic hydroxyl groups is 1. The summed E-state index contributed by atoms with van der Waals surface area (Å²) >= 11 is 11.7. The molecule has 1 heterocycles. The van der Waals surface area contributed by atoms with Crippen molar-refractivity contribution >= 4 is 23.2 Å². The summed E-state index contributed by atoms with van der Waals surface area (Å²) in [5, 5.41) is 10.8. The molecule has 0 radical (unpaired) electrons. The molecule has 2 rings (SSSR count). The van der Waals surface area contributed by atoms with Crippen molar-refractivity contribution in [2.24, 2.45) is 0 Å². The van der Waals surface area contributed by atoms with E-state index < -0.39 is 6.10 Å². The fourth-order valence-electron chi connectivity index (χ4n) is 1.62. The number of nitrogens with zero attached hydrogens (tertiary/aromatic N) is 1. The maximum Gasteiger partial charge on any atom is 0.126 e. The maximum atomic E-state index is 13.2. The molecule has 94 valence electrons. The summed E-state index contributed by atoms with van der Waals surface area (Å²) in [6, 6.07) is 5.87. The number of aromatic nitrogens is 1. The maximum absolute atomic E-state index is 13.2. The first kappa shape index (κ1) is 13.3. The quantitative estimate of drug-likeness (QED) is 0.907. The summed E-state index contributed by atoms with van der Waals surface area (Å²) in [7, 11) is 0. The lowest BCUT2D eigenvalue weighted by Gasteiger charge is -2.13. The van der Waals surface area contributed by atoms with Gasteiger partial charge in [-0.25, -0.2) is 4.39 Å². The normalized spacial score (nSPS) is 12.5. The molecule has 0 saturated heterocycles. The third-order valence-electron chi connectivity index (χ3n) is 2.59. The summed E-state index contributed by atoms with van der Waals surface area (Å²) < 4.78 is 13.2. The molecule has 0 aliphatic heterocycles. The number of pyridine rings is 1. The molecule has 1 aromatic heterocycles. The van der Waals surface area contributed by atoms with Crippen LogP contribution in [0.25, 0.3) is 0 Å². The van der Waals surface area contributed by atoms with Gasteiger partial charge in [-0.15, -0.1) is 0 Å². The van der Waals surface area contributed by atoms with Gasteiger partial charge in [0, 0.05) is 6.20 Å². The Kier molecular flexibility index (Phi) is 3.85. The van der Waals surface area contributed by atoms with Crippen LogP contribution in [0.3, 0.4) is 0 Å².